The molecule has 2 N–H and O–H groups in total. The van der Waals surface area contributed by atoms with Crippen molar-refractivity contribution in [2.45, 2.75) is 80.8 Å². The number of hydrogen-bond donors (Lipinski definition) is 2. The van der Waals surface area contributed by atoms with Crippen LogP contribution >= 0.6 is 11.6 Å². The molecule has 14 nitrogen and oxygen atoms in total. The van der Waals surface area contributed by atoms with Crippen LogP contribution in [0.3, 0.4) is 0 Å². The molecule has 5 rings (SSSR count). The molecule has 2 aromatic carbocycles. The van der Waals surface area contributed by atoms with Gasteiger partial charge in [0.25, 0.3) is 5.91 Å². The first-order valence-electron chi connectivity index (χ1n) is 18.4. The van der Waals surface area contributed by atoms with Gasteiger partial charge in [0.15, 0.2) is 11.3 Å². The summed E-state index contributed by atoms with van der Waals surface area (Å²) in [6.45, 7) is 15.9. The summed E-state index contributed by atoms with van der Waals surface area (Å²) in [6.07, 6.45) is 1.10. The molecule has 0 spiro atoms. The molecular weight excluding hydrogens is 752 g/mol. The Kier molecular flexibility index (Phi) is 11.7. The number of hydrogen-bond acceptors (Lipinski definition) is 10. The maximum Gasteiger partial charge on any atom is 0.419 e. The number of ether oxygens (including phenoxy) is 3. The van der Waals surface area contributed by atoms with Gasteiger partial charge < -0.3 is 28.8 Å². The molecule has 0 radical (unpaired) electrons. The molecule has 3 aromatic heterocycles. The van der Waals surface area contributed by atoms with Gasteiger partial charge in [-0.1, -0.05) is 53.1 Å². The van der Waals surface area contributed by atoms with Gasteiger partial charge in [0.05, 0.1) is 19.7 Å². The Labute approximate surface area is 337 Å². The Bertz CT molecular complexity index is 2390. The number of fused-ring (bicyclic) bond motifs is 2. The summed E-state index contributed by atoms with van der Waals surface area (Å²) in [4.78, 5) is 64.2. The van der Waals surface area contributed by atoms with E-state index in [4.69, 9.17) is 30.2 Å². The first kappa shape index (κ1) is 42.5. The lowest BCUT2D eigenvalue weighted by molar-refractivity contribution is -0.123. The number of aromatic nitrogens is 3. The molecule has 0 aliphatic carbocycles. The highest BCUT2D eigenvalue weighted by Crippen LogP contribution is 2.42. The van der Waals surface area contributed by atoms with E-state index in [1.165, 1.54) is 23.7 Å². The Morgan fingerprint density at radius 1 is 0.842 bits per heavy atom. The van der Waals surface area contributed by atoms with Gasteiger partial charge in [0.1, 0.15) is 22.9 Å². The predicted octanol–water partition coefficient (Wildman–Crippen LogP) is 8.48. The first-order valence-corrected chi connectivity index (χ1v) is 18.7. The van der Waals surface area contributed by atoms with E-state index in [1.54, 1.807) is 107 Å². The van der Waals surface area contributed by atoms with Gasteiger partial charge in [0, 0.05) is 65.3 Å². The molecule has 0 saturated carbocycles. The third-order valence-electron chi connectivity index (χ3n) is 8.92. The van der Waals surface area contributed by atoms with E-state index in [0.717, 1.165) is 0 Å². The Hall–Kier alpha value is -5.63. The van der Waals surface area contributed by atoms with Crippen LogP contribution in [0.2, 0.25) is 5.02 Å². The number of carbonyl (C=O) groups is 4. The molecule has 0 aliphatic rings. The van der Waals surface area contributed by atoms with Gasteiger partial charge in [-0.25, -0.2) is 14.3 Å². The monoisotopic (exact) mass is 802 g/mol. The molecule has 304 valence electrons. The van der Waals surface area contributed by atoms with Crippen molar-refractivity contribution in [3.8, 4) is 11.5 Å². The second kappa shape index (κ2) is 15.7. The molecule has 57 heavy (non-hydrogen) atoms. The van der Waals surface area contributed by atoms with Crippen molar-refractivity contribution in [1.29, 1.82) is 0 Å². The van der Waals surface area contributed by atoms with E-state index in [-0.39, 0.29) is 42.1 Å². The smallest absolute Gasteiger partial charge is 0.419 e. The lowest BCUT2D eigenvalue weighted by Crippen LogP contribution is -2.32. The predicted molar refractivity (Wildman–Crippen MR) is 220 cm³/mol. The Balaban J connectivity index is 1.69. The van der Waals surface area contributed by atoms with Gasteiger partial charge in [-0.2, -0.15) is 4.98 Å². The van der Waals surface area contributed by atoms with Crippen molar-refractivity contribution in [2.24, 2.45) is 10.8 Å². The van der Waals surface area contributed by atoms with Gasteiger partial charge >= 0.3 is 6.09 Å². The molecule has 0 saturated heterocycles. The summed E-state index contributed by atoms with van der Waals surface area (Å²) in [5, 5.41) is 7.29. The number of nitrogens with zero attached hydrogens (tertiary/aromatic N) is 4. The van der Waals surface area contributed by atoms with Crippen LogP contribution in [0, 0.1) is 10.8 Å². The van der Waals surface area contributed by atoms with E-state index < -0.39 is 28.4 Å². The molecule has 3 amide bonds. The first-order chi connectivity index (χ1) is 26.4. The van der Waals surface area contributed by atoms with Crippen LogP contribution in [-0.2, 0) is 27.2 Å². The summed E-state index contributed by atoms with van der Waals surface area (Å²) >= 11 is 6.51. The second-order valence-corrected chi connectivity index (χ2v) is 17.5. The molecule has 0 atom stereocenters. The molecule has 0 fully saturated rings. The molecule has 0 bridgehead atoms. The van der Waals surface area contributed by atoms with Crippen LogP contribution in [0.5, 0.6) is 11.5 Å². The van der Waals surface area contributed by atoms with Crippen LogP contribution < -0.4 is 20.1 Å². The zero-order valence-electron chi connectivity index (χ0n) is 34.8. The van der Waals surface area contributed by atoms with Gasteiger partial charge in [-0.15, -0.1) is 0 Å². The van der Waals surface area contributed by atoms with Gasteiger partial charge in [-0.3, -0.25) is 19.7 Å². The fourth-order valence-electron chi connectivity index (χ4n) is 5.95. The molecule has 0 aliphatic heterocycles. The summed E-state index contributed by atoms with van der Waals surface area (Å²) in [7, 11) is 6.22. The number of halogens is 1. The molecule has 5 aromatic rings. The topological polar surface area (TPSA) is 167 Å². The lowest BCUT2D eigenvalue weighted by atomic mass is 9.95. The summed E-state index contributed by atoms with van der Waals surface area (Å²) < 4.78 is 25.1. The number of rotatable bonds is 9. The molecule has 0 unspecified atom stereocenters. The highest BCUT2D eigenvalue weighted by atomic mass is 35.5. The minimum atomic E-state index is -0.843. The van der Waals surface area contributed by atoms with E-state index in [2.05, 4.69) is 20.6 Å². The zero-order valence-corrected chi connectivity index (χ0v) is 35.6. The number of benzene rings is 2. The summed E-state index contributed by atoms with van der Waals surface area (Å²) in [5.41, 5.74) is 0.362. The number of amides is 3. The Morgan fingerprint density at radius 2 is 1.49 bits per heavy atom. The van der Waals surface area contributed by atoms with Crippen molar-refractivity contribution >= 4 is 69.1 Å². The van der Waals surface area contributed by atoms with Crippen molar-refractivity contribution in [1.82, 2.24) is 19.4 Å². The average molecular weight is 803 g/mol. The van der Waals surface area contributed by atoms with Gasteiger partial charge in [-0.05, 0) is 62.2 Å². The number of anilines is 2. The second-order valence-electron chi connectivity index (χ2n) is 17.1. The minimum Gasteiger partial charge on any atom is -0.493 e. The quantitative estimate of drug-likeness (QED) is 0.148. The molecular formula is C42H51ClN6O8. The summed E-state index contributed by atoms with van der Waals surface area (Å²) in [6, 6.07) is 8.68. The number of carbonyl (C=O) groups excluding carboxylic acids is 4. The van der Waals surface area contributed by atoms with Crippen molar-refractivity contribution in [3.05, 3.63) is 69.7 Å². The van der Waals surface area contributed by atoms with E-state index in [0.29, 0.717) is 60.8 Å². The van der Waals surface area contributed by atoms with Crippen LogP contribution in [0.1, 0.15) is 95.3 Å². The Morgan fingerprint density at radius 3 is 2.07 bits per heavy atom. The van der Waals surface area contributed by atoms with Crippen LogP contribution in [0.25, 0.3) is 21.9 Å². The van der Waals surface area contributed by atoms with Crippen molar-refractivity contribution in [3.63, 3.8) is 0 Å². The van der Waals surface area contributed by atoms with E-state index in [9.17, 15) is 19.2 Å². The fourth-order valence-corrected chi connectivity index (χ4v) is 6.12. The number of furan rings is 1. The van der Waals surface area contributed by atoms with Crippen molar-refractivity contribution < 1.29 is 37.8 Å². The van der Waals surface area contributed by atoms with Gasteiger partial charge in [0.2, 0.25) is 23.5 Å². The zero-order chi connectivity index (χ0) is 42.4. The molecule has 15 heteroatoms. The average Bonchev–Trinajstić information content (AvgIpc) is 3.66. The van der Waals surface area contributed by atoms with Crippen molar-refractivity contribution in [2.75, 3.05) is 38.9 Å². The minimum absolute atomic E-state index is 0.0414. The third kappa shape index (κ3) is 9.17. The highest BCUT2D eigenvalue weighted by molar-refractivity contribution is 6.31. The fraction of sp³-hybridized carbons (Fsp3) is 0.429. The van der Waals surface area contributed by atoms with E-state index in [1.807, 2.05) is 6.07 Å². The maximum atomic E-state index is 13.9. The van der Waals surface area contributed by atoms with Crippen LogP contribution in [-0.4, -0.2) is 77.2 Å². The SMILES string of the molecule is COc1cc(Cc2cnc(NC(=O)C(C)(C)C)nc2NC(=O)C(C)(C)C)c2cc(Cc3c(C(=O)N(C)C)n(C(=O)OC(C)(C)C)c4ccc(Cl)cc34)oc2c1OC. The number of methoxy groups -OCH3 is 2. The molecule has 3 heterocycles. The lowest BCUT2D eigenvalue weighted by Gasteiger charge is -2.21. The standard InChI is InChI=1S/C42H51ClN6O8/c1-40(2,3)36(51)45-34-23(21-44-38(46-34)47-37(52)41(4,5)6)16-22-17-30(54-12)33(55-13)32-26(22)19-25(56-32)20-28-27-18-24(43)14-15-29(27)49(31(28)35(50)48(10)11)39(53)57-42(7,8)9/h14-15,17-19,21H,16,20H2,1-13H3,(H2,44,45,46,47,51,52). The van der Waals surface area contributed by atoms with Crippen LogP contribution in [0.4, 0.5) is 16.6 Å². The summed E-state index contributed by atoms with van der Waals surface area (Å²) in [5.74, 6) is 0.420. The highest BCUT2D eigenvalue weighted by Gasteiger charge is 2.32. The van der Waals surface area contributed by atoms with E-state index >= 15 is 0 Å². The largest absolute Gasteiger partial charge is 0.493 e. The number of nitrogens with one attached hydrogen (secondary N) is 2. The third-order valence-corrected chi connectivity index (χ3v) is 9.16. The maximum absolute atomic E-state index is 13.9. The van der Waals surface area contributed by atoms with Crippen LogP contribution in [0.15, 0.2) is 40.9 Å². The normalized spacial score (nSPS) is 12.1.